The van der Waals surface area contributed by atoms with E-state index in [-0.39, 0.29) is 0 Å². The van der Waals surface area contributed by atoms with Crippen molar-refractivity contribution in [3.8, 4) is 0 Å². The molecule has 0 saturated heterocycles. The predicted octanol–water partition coefficient (Wildman–Crippen LogP) is 15.4. The first-order chi connectivity index (χ1) is 30.5. The van der Waals surface area contributed by atoms with Gasteiger partial charge in [-0.25, -0.2) is 49.8 Å². The zero-order valence-corrected chi connectivity index (χ0v) is 42.8. The predicted molar refractivity (Wildman–Crippen MR) is 272 cm³/mol. The van der Waals surface area contributed by atoms with E-state index in [1.54, 1.807) is 43.9 Å². The zero-order chi connectivity index (χ0) is 48.6. The van der Waals surface area contributed by atoms with E-state index in [9.17, 15) is 0 Å². The molecule has 0 amide bonds. The normalized spacial score (nSPS) is 9.35. The lowest BCUT2D eigenvalue weighted by Crippen LogP contribution is -1.93. The highest BCUT2D eigenvalue weighted by molar-refractivity contribution is 5.78. The summed E-state index contributed by atoms with van der Waals surface area (Å²) in [4.78, 5) is 40.2. The molecule has 346 valence electrons. The third-order valence-corrected chi connectivity index (χ3v) is 7.94. The molecule has 0 N–H and O–H groups in total. The molecule has 0 aliphatic heterocycles. The van der Waals surface area contributed by atoms with Gasteiger partial charge in [-0.1, -0.05) is 157 Å². The smallest absolute Gasteiger partial charge is 0.130 e. The lowest BCUT2D eigenvalue weighted by atomic mass is 10.0. The van der Waals surface area contributed by atoms with Crippen molar-refractivity contribution in [1.29, 1.82) is 0 Å². The summed E-state index contributed by atoms with van der Waals surface area (Å²) in [5.41, 5.74) is 7.00. The van der Waals surface area contributed by atoms with Crippen LogP contribution in [0.3, 0.4) is 0 Å². The van der Waals surface area contributed by atoms with E-state index < -0.39 is 0 Å². The van der Waals surface area contributed by atoms with E-state index in [1.807, 2.05) is 112 Å². The molecule has 0 atom stereocenters. The van der Waals surface area contributed by atoms with Crippen LogP contribution < -0.4 is 0 Å². The average molecular weight is 861 g/mol. The molecule has 7 aromatic rings. The molecule has 0 unspecified atom stereocenters. The van der Waals surface area contributed by atoms with Gasteiger partial charge in [-0.05, 0) is 70.7 Å². The minimum atomic E-state index is 0.436. The van der Waals surface area contributed by atoms with Gasteiger partial charge in [0.1, 0.15) is 31.1 Å². The fourth-order valence-corrected chi connectivity index (χ4v) is 4.57. The number of hydrogen-bond donors (Lipinski definition) is 0. The van der Waals surface area contributed by atoms with Crippen molar-refractivity contribution in [2.24, 2.45) is 0 Å². The maximum Gasteiger partial charge on any atom is 0.130 e. The summed E-state index contributed by atoms with van der Waals surface area (Å²) in [6.45, 7) is 41.4. The van der Waals surface area contributed by atoms with Crippen molar-refractivity contribution in [2.45, 2.75) is 168 Å². The van der Waals surface area contributed by atoms with Gasteiger partial charge >= 0.3 is 0 Å². The Kier molecular flexibility index (Phi) is 39.6. The van der Waals surface area contributed by atoms with Crippen LogP contribution in [0.4, 0.5) is 0 Å². The molecule has 0 bridgehead atoms. The molecule has 0 spiro atoms. The Morgan fingerprint density at radius 1 is 0.333 bits per heavy atom. The van der Waals surface area contributed by atoms with Crippen LogP contribution in [-0.4, -0.2) is 49.8 Å². The van der Waals surface area contributed by atoms with Gasteiger partial charge in [-0.3, -0.25) is 0 Å². The van der Waals surface area contributed by atoms with Crippen LogP contribution in [0.15, 0.2) is 117 Å². The van der Waals surface area contributed by atoms with Crippen LogP contribution in [0.2, 0.25) is 0 Å². The van der Waals surface area contributed by atoms with Gasteiger partial charge in [0.2, 0.25) is 0 Å². The highest BCUT2D eigenvalue weighted by atomic mass is 14.9. The third-order valence-electron chi connectivity index (χ3n) is 7.94. The monoisotopic (exact) mass is 861 g/mol. The Morgan fingerprint density at radius 3 is 1.22 bits per heavy atom. The molecular formula is C53H84N10. The Bertz CT molecular complexity index is 1830. The fourth-order valence-electron chi connectivity index (χ4n) is 4.57. The standard InChI is InChI=1S/2C11H12N2.3C7H10N2.5C2H6/c1-8(2)9-3-4-11-10(5-9)6-12-7-13-11;1-8(2)9-3-4-10-6-12-7-13-11(10)5-9;1-6(2)7-3-8-5-9-4-7;1-6(2)7-3-4-8-5-9-7;1-6(2)7-8-4-3-5-9-7;5*1-2/h2*3-8H,1-2H3;3*3-6H,1-2H3;5*1-2H3. The number of aromatic nitrogens is 10. The maximum atomic E-state index is 4.21. The van der Waals surface area contributed by atoms with E-state index >= 15 is 0 Å². The highest BCUT2D eigenvalue weighted by Crippen LogP contribution is 2.20. The van der Waals surface area contributed by atoms with Gasteiger partial charge in [-0.15, -0.1) is 0 Å². The van der Waals surface area contributed by atoms with Crippen LogP contribution in [-0.2, 0) is 0 Å². The van der Waals surface area contributed by atoms with Crippen molar-refractivity contribution in [1.82, 2.24) is 49.8 Å². The van der Waals surface area contributed by atoms with Gasteiger partial charge in [0.05, 0.1) is 11.0 Å². The van der Waals surface area contributed by atoms with Crippen molar-refractivity contribution in [3.63, 3.8) is 0 Å². The number of nitrogens with zero attached hydrogens (tertiary/aromatic N) is 10. The maximum absolute atomic E-state index is 4.21. The Morgan fingerprint density at radius 2 is 0.794 bits per heavy atom. The summed E-state index contributed by atoms with van der Waals surface area (Å²) in [5.74, 6) is 3.51. The van der Waals surface area contributed by atoms with Gasteiger partial charge < -0.3 is 0 Å². The molecule has 10 nitrogen and oxygen atoms in total. The SMILES string of the molecule is CC.CC.CC.CC.CC.CC(C)c1ccc2cncnc2c1.CC(C)c1ccc2ncncc2c1.CC(C)c1ccncn1.CC(C)c1cncnc1.CC(C)c1ncccn1. The summed E-state index contributed by atoms with van der Waals surface area (Å²) in [6.07, 6.45) is 19.0. The molecule has 0 aliphatic carbocycles. The van der Waals surface area contributed by atoms with Crippen LogP contribution in [0.5, 0.6) is 0 Å². The summed E-state index contributed by atoms with van der Waals surface area (Å²) in [6, 6.07) is 16.4. The van der Waals surface area contributed by atoms with Gasteiger partial charge in [-0.2, -0.15) is 0 Å². The van der Waals surface area contributed by atoms with Crippen LogP contribution in [0.25, 0.3) is 21.8 Å². The van der Waals surface area contributed by atoms with E-state index in [4.69, 9.17) is 0 Å². The van der Waals surface area contributed by atoms with Crippen LogP contribution >= 0.6 is 0 Å². The lowest BCUT2D eigenvalue weighted by Gasteiger charge is -2.05. The average Bonchev–Trinajstić information content (AvgIpc) is 3.36. The van der Waals surface area contributed by atoms with Crippen LogP contribution in [0, 0.1) is 0 Å². The molecule has 0 fully saturated rings. The quantitative estimate of drug-likeness (QED) is 0.165. The minimum absolute atomic E-state index is 0.436. The third kappa shape index (κ3) is 27.1. The first-order valence-electron chi connectivity index (χ1n) is 23.1. The van der Waals surface area contributed by atoms with Crippen molar-refractivity contribution in [3.05, 3.63) is 145 Å². The molecule has 5 heterocycles. The topological polar surface area (TPSA) is 129 Å². The summed E-state index contributed by atoms with van der Waals surface area (Å²) in [7, 11) is 0. The Labute approximate surface area is 383 Å². The number of fused-ring (bicyclic) bond motifs is 2. The molecule has 2 aromatic carbocycles. The lowest BCUT2D eigenvalue weighted by molar-refractivity contribution is 0.774. The molecule has 0 aliphatic rings. The highest BCUT2D eigenvalue weighted by Gasteiger charge is 2.02. The van der Waals surface area contributed by atoms with Crippen molar-refractivity contribution in [2.75, 3.05) is 0 Å². The fraction of sp³-hybridized carbons (Fsp3) is 0.472. The molecule has 7 rings (SSSR count). The second-order valence-corrected chi connectivity index (χ2v) is 13.9. The molecule has 10 heteroatoms. The second kappa shape index (κ2) is 40.4. The second-order valence-electron chi connectivity index (χ2n) is 13.9. The first kappa shape index (κ1) is 61.7. The Balaban J connectivity index is -0.000000685. The number of benzene rings is 2. The van der Waals surface area contributed by atoms with Crippen molar-refractivity contribution < 1.29 is 0 Å². The molecule has 63 heavy (non-hydrogen) atoms. The molecule has 0 radical (unpaired) electrons. The summed E-state index contributed by atoms with van der Waals surface area (Å²) in [5, 5.41) is 2.22. The van der Waals surface area contributed by atoms with E-state index in [2.05, 4.69) is 149 Å². The molecule has 5 aromatic heterocycles. The molecular weight excluding hydrogens is 777 g/mol. The van der Waals surface area contributed by atoms with Gasteiger partial charge in [0.15, 0.2) is 0 Å². The van der Waals surface area contributed by atoms with E-state index in [0.717, 1.165) is 33.3 Å². The summed E-state index contributed by atoms with van der Waals surface area (Å²) < 4.78 is 0. The minimum Gasteiger partial charge on any atom is -0.245 e. The van der Waals surface area contributed by atoms with E-state index in [0.29, 0.717) is 29.6 Å². The number of rotatable bonds is 5. The first-order valence-corrected chi connectivity index (χ1v) is 23.1. The van der Waals surface area contributed by atoms with Crippen molar-refractivity contribution >= 4 is 21.8 Å². The molecule has 0 saturated carbocycles. The van der Waals surface area contributed by atoms with Gasteiger partial charge in [0.25, 0.3) is 0 Å². The van der Waals surface area contributed by atoms with Gasteiger partial charge in [0, 0.05) is 65.8 Å². The Hall–Kier alpha value is -5.64. The zero-order valence-electron chi connectivity index (χ0n) is 42.8. The number of hydrogen-bond acceptors (Lipinski definition) is 10. The summed E-state index contributed by atoms with van der Waals surface area (Å²) >= 11 is 0. The largest absolute Gasteiger partial charge is 0.245 e. The van der Waals surface area contributed by atoms with E-state index in [1.165, 1.54) is 16.7 Å². The van der Waals surface area contributed by atoms with Crippen LogP contribution in [0.1, 0.15) is 196 Å².